The Kier molecular flexibility index (Phi) is 5.07. The van der Waals surface area contributed by atoms with Crippen LogP contribution in [-0.4, -0.2) is 57.1 Å². The van der Waals surface area contributed by atoms with E-state index in [1.807, 2.05) is 36.2 Å². The highest BCUT2D eigenvalue weighted by atomic mass is 19.1. The predicted octanol–water partition coefficient (Wildman–Crippen LogP) is 2.60. The van der Waals surface area contributed by atoms with E-state index in [2.05, 4.69) is 20.6 Å². The quantitative estimate of drug-likeness (QED) is 0.733. The Morgan fingerprint density at radius 1 is 1.00 bits per heavy atom. The van der Waals surface area contributed by atoms with Crippen LogP contribution in [0.25, 0.3) is 5.82 Å². The number of carbonyl (C=O) groups is 1. The third-order valence-corrected chi connectivity index (χ3v) is 4.66. The third-order valence-electron chi connectivity index (χ3n) is 4.66. The number of amides is 2. The summed E-state index contributed by atoms with van der Waals surface area (Å²) in [5.74, 6) is -0.160. The lowest BCUT2D eigenvalue weighted by Gasteiger charge is -2.35. The first-order valence-corrected chi connectivity index (χ1v) is 9.12. The molecule has 1 saturated heterocycles. The van der Waals surface area contributed by atoms with E-state index in [-0.39, 0.29) is 5.69 Å². The van der Waals surface area contributed by atoms with Gasteiger partial charge < -0.3 is 15.1 Å². The van der Waals surface area contributed by atoms with E-state index in [9.17, 15) is 13.6 Å². The van der Waals surface area contributed by atoms with Gasteiger partial charge >= 0.3 is 6.03 Å². The maximum atomic E-state index is 13.7. The Balaban J connectivity index is 1.34. The van der Waals surface area contributed by atoms with Gasteiger partial charge in [-0.05, 0) is 37.3 Å². The van der Waals surface area contributed by atoms with Gasteiger partial charge in [0.25, 0.3) is 0 Å². The molecule has 150 valence electrons. The number of rotatable bonds is 3. The van der Waals surface area contributed by atoms with Crippen molar-refractivity contribution in [3.63, 3.8) is 0 Å². The SMILES string of the molecule is Cc1ccn(-c2ccc(N3CCN(C(=O)Nc4ccc(F)cc4F)CC3)nn2)n1. The van der Waals surface area contributed by atoms with Crippen molar-refractivity contribution in [3.8, 4) is 5.82 Å². The molecule has 1 aromatic carbocycles. The van der Waals surface area contributed by atoms with Gasteiger partial charge in [-0.3, -0.25) is 0 Å². The average Bonchev–Trinajstić information content (AvgIpc) is 3.17. The summed E-state index contributed by atoms with van der Waals surface area (Å²) in [6.45, 7) is 3.91. The van der Waals surface area contributed by atoms with Crippen molar-refractivity contribution in [1.29, 1.82) is 0 Å². The Labute approximate surface area is 165 Å². The van der Waals surface area contributed by atoms with Gasteiger partial charge in [-0.2, -0.15) is 5.10 Å². The molecule has 0 bridgehead atoms. The fraction of sp³-hybridized carbons (Fsp3) is 0.263. The van der Waals surface area contributed by atoms with Crippen LogP contribution in [0.4, 0.5) is 25.1 Å². The van der Waals surface area contributed by atoms with Gasteiger partial charge in [0.1, 0.15) is 11.6 Å². The van der Waals surface area contributed by atoms with Crippen molar-refractivity contribution in [2.75, 3.05) is 36.4 Å². The number of nitrogens with zero attached hydrogens (tertiary/aromatic N) is 6. The van der Waals surface area contributed by atoms with Gasteiger partial charge in [-0.15, -0.1) is 10.2 Å². The van der Waals surface area contributed by atoms with E-state index < -0.39 is 17.7 Å². The molecule has 0 radical (unpaired) electrons. The molecule has 4 rings (SSSR count). The van der Waals surface area contributed by atoms with Crippen molar-refractivity contribution < 1.29 is 13.6 Å². The normalized spacial score (nSPS) is 14.2. The number of nitrogens with one attached hydrogen (secondary N) is 1. The van der Waals surface area contributed by atoms with Crippen LogP contribution < -0.4 is 10.2 Å². The summed E-state index contributed by atoms with van der Waals surface area (Å²) in [7, 11) is 0. The second kappa shape index (κ2) is 7.82. The number of carbonyl (C=O) groups excluding carboxylic acids is 1. The lowest BCUT2D eigenvalue weighted by Crippen LogP contribution is -2.50. The van der Waals surface area contributed by atoms with Crippen LogP contribution in [0.2, 0.25) is 0 Å². The maximum absolute atomic E-state index is 13.7. The number of anilines is 2. The van der Waals surface area contributed by atoms with Crippen molar-refractivity contribution in [1.82, 2.24) is 24.9 Å². The third kappa shape index (κ3) is 4.15. The van der Waals surface area contributed by atoms with Crippen LogP contribution in [0.15, 0.2) is 42.6 Å². The van der Waals surface area contributed by atoms with Crippen molar-refractivity contribution in [2.45, 2.75) is 6.92 Å². The molecule has 0 unspecified atom stereocenters. The standard InChI is InChI=1S/C19H19F2N7O/c1-13-6-7-28(25-13)18-5-4-17(23-24-18)26-8-10-27(11-9-26)19(29)22-16-3-2-14(20)12-15(16)21/h2-7,12H,8-11H2,1H3,(H,22,29). The maximum Gasteiger partial charge on any atom is 0.322 e. The fourth-order valence-corrected chi connectivity index (χ4v) is 3.08. The molecule has 2 amide bonds. The largest absolute Gasteiger partial charge is 0.352 e. The summed E-state index contributed by atoms with van der Waals surface area (Å²) >= 11 is 0. The molecule has 1 aliphatic heterocycles. The number of aryl methyl sites for hydroxylation is 1. The fourth-order valence-electron chi connectivity index (χ4n) is 3.08. The number of hydrogen-bond acceptors (Lipinski definition) is 5. The van der Waals surface area contributed by atoms with Crippen LogP contribution in [0.5, 0.6) is 0 Å². The summed E-state index contributed by atoms with van der Waals surface area (Å²) < 4.78 is 28.4. The van der Waals surface area contributed by atoms with Gasteiger partial charge in [0.05, 0.1) is 11.4 Å². The van der Waals surface area contributed by atoms with Crippen LogP contribution >= 0.6 is 0 Å². The molecule has 0 saturated carbocycles. The van der Waals surface area contributed by atoms with Crippen LogP contribution in [0.3, 0.4) is 0 Å². The van der Waals surface area contributed by atoms with E-state index in [0.717, 1.165) is 17.8 Å². The number of benzene rings is 1. The smallest absolute Gasteiger partial charge is 0.322 e. The molecule has 0 atom stereocenters. The first-order valence-electron chi connectivity index (χ1n) is 9.12. The molecule has 2 aromatic heterocycles. The molecule has 3 aromatic rings. The Hall–Kier alpha value is -3.56. The summed E-state index contributed by atoms with van der Waals surface area (Å²) in [6.07, 6.45) is 1.82. The molecule has 1 aliphatic rings. The second-order valence-corrected chi connectivity index (χ2v) is 6.68. The molecule has 10 heteroatoms. The molecular weight excluding hydrogens is 380 g/mol. The Morgan fingerprint density at radius 3 is 2.34 bits per heavy atom. The molecule has 8 nitrogen and oxygen atoms in total. The summed E-state index contributed by atoms with van der Waals surface area (Å²) in [5.41, 5.74) is 0.847. The minimum absolute atomic E-state index is 0.0471. The molecule has 1 fully saturated rings. The Bertz CT molecular complexity index is 1010. The minimum atomic E-state index is -0.806. The number of hydrogen-bond donors (Lipinski definition) is 1. The summed E-state index contributed by atoms with van der Waals surface area (Å²) in [6, 6.07) is 8.21. The molecule has 29 heavy (non-hydrogen) atoms. The van der Waals surface area contributed by atoms with Crippen molar-refractivity contribution >= 4 is 17.5 Å². The van der Waals surface area contributed by atoms with Gasteiger partial charge in [0, 0.05) is 38.4 Å². The first-order chi connectivity index (χ1) is 14.0. The summed E-state index contributed by atoms with van der Waals surface area (Å²) in [5, 5.41) is 15.2. The number of halogens is 2. The number of aromatic nitrogens is 4. The highest BCUT2D eigenvalue weighted by Gasteiger charge is 2.23. The van der Waals surface area contributed by atoms with Gasteiger partial charge in [0.2, 0.25) is 0 Å². The van der Waals surface area contributed by atoms with Crippen LogP contribution in [0.1, 0.15) is 5.69 Å². The van der Waals surface area contributed by atoms with E-state index in [0.29, 0.717) is 37.8 Å². The van der Waals surface area contributed by atoms with Gasteiger partial charge in [-0.25, -0.2) is 18.3 Å². The average molecular weight is 399 g/mol. The van der Waals surface area contributed by atoms with Crippen LogP contribution in [0, 0.1) is 18.6 Å². The van der Waals surface area contributed by atoms with Crippen LogP contribution in [-0.2, 0) is 0 Å². The summed E-state index contributed by atoms with van der Waals surface area (Å²) in [4.78, 5) is 15.9. The highest BCUT2D eigenvalue weighted by Crippen LogP contribution is 2.18. The second-order valence-electron chi connectivity index (χ2n) is 6.68. The zero-order valence-electron chi connectivity index (χ0n) is 15.7. The number of urea groups is 1. The first kappa shape index (κ1) is 18.8. The zero-order chi connectivity index (χ0) is 20.4. The monoisotopic (exact) mass is 399 g/mol. The molecule has 1 N–H and O–H groups in total. The van der Waals surface area contributed by atoms with E-state index >= 15 is 0 Å². The lowest BCUT2D eigenvalue weighted by molar-refractivity contribution is 0.208. The molecular formula is C19H19F2N7O. The van der Waals surface area contributed by atoms with E-state index in [4.69, 9.17) is 0 Å². The van der Waals surface area contributed by atoms with Gasteiger partial charge in [-0.1, -0.05) is 0 Å². The van der Waals surface area contributed by atoms with Gasteiger partial charge in [0.15, 0.2) is 11.6 Å². The van der Waals surface area contributed by atoms with Crippen molar-refractivity contribution in [2.24, 2.45) is 0 Å². The lowest BCUT2D eigenvalue weighted by atomic mass is 10.3. The van der Waals surface area contributed by atoms with Crippen molar-refractivity contribution in [3.05, 3.63) is 59.9 Å². The van der Waals surface area contributed by atoms with E-state index in [1.54, 1.807) is 9.58 Å². The molecule has 0 spiro atoms. The topological polar surface area (TPSA) is 79.2 Å². The highest BCUT2D eigenvalue weighted by molar-refractivity contribution is 5.89. The Morgan fingerprint density at radius 2 is 1.72 bits per heavy atom. The minimum Gasteiger partial charge on any atom is -0.352 e. The molecule has 3 heterocycles. The molecule has 0 aliphatic carbocycles. The van der Waals surface area contributed by atoms with E-state index in [1.165, 1.54) is 6.07 Å². The predicted molar refractivity (Wildman–Crippen MR) is 103 cm³/mol. The zero-order valence-corrected chi connectivity index (χ0v) is 15.7. The number of piperazine rings is 1.